The third-order valence-electron chi connectivity index (χ3n) is 1.99. The maximum absolute atomic E-state index is 11.5. The van der Waals surface area contributed by atoms with Gasteiger partial charge < -0.3 is 15.4 Å². The first kappa shape index (κ1) is 12.0. The monoisotopic (exact) mass is 222 g/mol. The van der Waals surface area contributed by atoms with Gasteiger partial charge in [0.05, 0.1) is 7.11 Å². The maximum Gasteiger partial charge on any atom is 0.251 e. The number of rotatable bonds is 6. The van der Waals surface area contributed by atoms with Crippen LogP contribution in [0.4, 0.5) is 0 Å². The fourth-order valence-corrected chi connectivity index (χ4v) is 1.15. The molecule has 0 heterocycles. The van der Waals surface area contributed by atoms with Gasteiger partial charge in [-0.1, -0.05) is 0 Å². The molecule has 0 unspecified atom stereocenters. The van der Waals surface area contributed by atoms with Crippen molar-refractivity contribution in [2.75, 3.05) is 20.2 Å². The zero-order valence-electron chi connectivity index (χ0n) is 9.03. The lowest BCUT2D eigenvalue weighted by atomic mass is 10.2. The van der Waals surface area contributed by atoms with Gasteiger partial charge in [-0.2, -0.15) is 0 Å². The molecule has 0 saturated carbocycles. The molecule has 0 aliphatic carbocycles. The summed E-state index contributed by atoms with van der Waals surface area (Å²) < 4.78 is 4.98. The van der Waals surface area contributed by atoms with Gasteiger partial charge in [0.15, 0.2) is 0 Å². The zero-order chi connectivity index (χ0) is 11.8. The fourth-order valence-electron chi connectivity index (χ4n) is 1.15. The summed E-state index contributed by atoms with van der Waals surface area (Å²) in [6.07, 6.45) is 0.597. The van der Waals surface area contributed by atoms with Crippen LogP contribution in [-0.4, -0.2) is 32.5 Å². The minimum atomic E-state index is -0.171. The van der Waals surface area contributed by atoms with Gasteiger partial charge in [0.25, 0.3) is 5.91 Å². The number of methoxy groups -OCH3 is 1. The molecule has 5 nitrogen and oxygen atoms in total. The molecule has 0 aliphatic rings. The number of benzene rings is 1. The van der Waals surface area contributed by atoms with Crippen molar-refractivity contribution in [3.8, 4) is 5.75 Å². The SMILES string of the molecule is COc1ccc(C(=O)NCCNC=O)cc1. The first-order valence-electron chi connectivity index (χ1n) is 4.87. The van der Waals surface area contributed by atoms with E-state index in [1.807, 2.05) is 0 Å². The van der Waals surface area contributed by atoms with E-state index in [4.69, 9.17) is 4.74 Å². The van der Waals surface area contributed by atoms with Gasteiger partial charge in [-0.15, -0.1) is 0 Å². The lowest BCUT2D eigenvalue weighted by Gasteiger charge is -2.05. The van der Waals surface area contributed by atoms with Gasteiger partial charge in [-0.05, 0) is 24.3 Å². The summed E-state index contributed by atoms with van der Waals surface area (Å²) in [5, 5.41) is 5.13. The van der Waals surface area contributed by atoms with Crippen LogP contribution < -0.4 is 15.4 Å². The van der Waals surface area contributed by atoms with Gasteiger partial charge in [-0.25, -0.2) is 0 Å². The van der Waals surface area contributed by atoms with Crippen LogP contribution in [0.2, 0.25) is 0 Å². The zero-order valence-corrected chi connectivity index (χ0v) is 9.03. The Morgan fingerprint density at radius 1 is 1.31 bits per heavy atom. The highest BCUT2D eigenvalue weighted by atomic mass is 16.5. The molecule has 0 fully saturated rings. The molecule has 0 radical (unpaired) electrons. The van der Waals surface area contributed by atoms with Crippen LogP contribution in [0.25, 0.3) is 0 Å². The predicted octanol–water partition coefficient (Wildman–Crippen LogP) is 0.171. The van der Waals surface area contributed by atoms with Crippen LogP contribution >= 0.6 is 0 Å². The highest BCUT2D eigenvalue weighted by molar-refractivity contribution is 5.94. The Morgan fingerprint density at radius 3 is 2.56 bits per heavy atom. The summed E-state index contributed by atoms with van der Waals surface area (Å²) in [6.45, 7) is 0.828. The molecular weight excluding hydrogens is 208 g/mol. The number of amides is 2. The van der Waals surface area contributed by atoms with Crippen molar-refractivity contribution < 1.29 is 14.3 Å². The molecule has 1 aromatic carbocycles. The Kier molecular flexibility index (Phi) is 4.85. The molecule has 86 valence electrons. The summed E-state index contributed by atoms with van der Waals surface area (Å²) >= 11 is 0. The Morgan fingerprint density at radius 2 is 2.00 bits per heavy atom. The molecule has 1 aromatic rings. The van der Waals surface area contributed by atoms with Crippen molar-refractivity contribution in [3.63, 3.8) is 0 Å². The molecule has 16 heavy (non-hydrogen) atoms. The summed E-state index contributed by atoms with van der Waals surface area (Å²) in [5.74, 6) is 0.537. The van der Waals surface area contributed by atoms with Crippen molar-refractivity contribution in [2.24, 2.45) is 0 Å². The number of carbonyl (C=O) groups is 2. The average molecular weight is 222 g/mol. The summed E-state index contributed by atoms with van der Waals surface area (Å²) in [7, 11) is 1.57. The van der Waals surface area contributed by atoms with E-state index >= 15 is 0 Å². The Bertz CT molecular complexity index is 349. The van der Waals surface area contributed by atoms with Crippen molar-refractivity contribution in [1.29, 1.82) is 0 Å². The number of ether oxygens (including phenoxy) is 1. The van der Waals surface area contributed by atoms with E-state index in [0.29, 0.717) is 30.8 Å². The second-order valence-electron chi connectivity index (χ2n) is 3.06. The van der Waals surface area contributed by atoms with Gasteiger partial charge >= 0.3 is 0 Å². The second kappa shape index (κ2) is 6.44. The lowest BCUT2D eigenvalue weighted by Crippen LogP contribution is -2.31. The minimum Gasteiger partial charge on any atom is -0.497 e. The van der Waals surface area contributed by atoms with E-state index in [2.05, 4.69) is 10.6 Å². The highest BCUT2D eigenvalue weighted by Gasteiger charge is 2.03. The molecule has 1 rings (SSSR count). The Hall–Kier alpha value is -2.04. The van der Waals surface area contributed by atoms with Crippen molar-refractivity contribution in [2.45, 2.75) is 0 Å². The van der Waals surface area contributed by atoms with Gasteiger partial charge in [-0.3, -0.25) is 9.59 Å². The molecule has 0 aliphatic heterocycles. The molecule has 2 amide bonds. The highest BCUT2D eigenvalue weighted by Crippen LogP contribution is 2.10. The molecule has 0 atom stereocenters. The fraction of sp³-hybridized carbons (Fsp3) is 0.273. The Balaban J connectivity index is 2.43. The first-order valence-corrected chi connectivity index (χ1v) is 4.87. The smallest absolute Gasteiger partial charge is 0.251 e. The van der Waals surface area contributed by atoms with E-state index in [9.17, 15) is 9.59 Å². The topological polar surface area (TPSA) is 67.4 Å². The molecule has 0 spiro atoms. The second-order valence-corrected chi connectivity index (χ2v) is 3.06. The van der Waals surface area contributed by atoms with Crippen molar-refractivity contribution in [3.05, 3.63) is 29.8 Å². The van der Waals surface area contributed by atoms with Crippen LogP contribution in [-0.2, 0) is 4.79 Å². The van der Waals surface area contributed by atoms with Crippen molar-refractivity contribution >= 4 is 12.3 Å². The van der Waals surface area contributed by atoms with Crippen LogP contribution in [0.5, 0.6) is 5.75 Å². The summed E-state index contributed by atoms with van der Waals surface area (Å²) in [6, 6.07) is 6.81. The quantitative estimate of drug-likeness (QED) is 0.532. The van der Waals surface area contributed by atoms with E-state index < -0.39 is 0 Å². The minimum absolute atomic E-state index is 0.171. The molecule has 2 N–H and O–H groups in total. The third-order valence-corrected chi connectivity index (χ3v) is 1.99. The molecule has 0 saturated heterocycles. The standard InChI is InChI=1S/C11H14N2O3/c1-16-10-4-2-9(3-5-10)11(15)13-7-6-12-8-14/h2-5,8H,6-7H2,1H3,(H,12,14)(H,13,15). The van der Waals surface area contributed by atoms with Crippen LogP contribution in [0.3, 0.4) is 0 Å². The van der Waals surface area contributed by atoms with Crippen molar-refractivity contribution in [1.82, 2.24) is 10.6 Å². The maximum atomic E-state index is 11.5. The van der Waals surface area contributed by atoms with E-state index in [-0.39, 0.29) is 5.91 Å². The number of hydrogen-bond acceptors (Lipinski definition) is 3. The van der Waals surface area contributed by atoms with E-state index in [1.165, 1.54) is 0 Å². The van der Waals surface area contributed by atoms with E-state index in [1.54, 1.807) is 31.4 Å². The lowest BCUT2D eigenvalue weighted by molar-refractivity contribution is -0.109. The number of hydrogen-bond donors (Lipinski definition) is 2. The number of carbonyl (C=O) groups excluding carboxylic acids is 2. The van der Waals surface area contributed by atoms with E-state index in [0.717, 1.165) is 0 Å². The summed E-state index contributed by atoms with van der Waals surface area (Å²) in [5.41, 5.74) is 0.562. The van der Waals surface area contributed by atoms with Gasteiger partial charge in [0.1, 0.15) is 5.75 Å². The first-order chi connectivity index (χ1) is 7.77. The molecular formula is C11H14N2O3. The largest absolute Gasteiger partial charge is 0.497 e. The van der Waals surface area contributed by atoms with Gasteiger partial charge in [0.2, 0.25) is 6.41 Å². The van der Waals surface area contributed by atoms with Crippen LogP contribution in [0.15, 0.2) is 24.3 Å². The van der Waals surface area contributed by atoms with Crippen LogP contribution in [0, 0.1) is 0 Å². The van der Waals surface area contributed by atoms with Gasteiger partial charge in [0, 0.05) is 18.7 Å². The number of nitrogens with one attached hydrogen (secondary N) is 2. The average Bonchev–Trinajstić information content (AvgIpc) is 2.34. The third kappa shape index (κ3) is 3.61. The molecule has 5 heteroatoms. The Labute approximate surface area is 93.8 Å². The van der Waals surface area contributed by atoms with Crippen LogP contribution in [0.1, 0.15) is 10.4 Å². The molecule has 0 aromatic heterocycles. The normalized spacial score (nSPS) is 9.31. The predicted molar refractivity (Wildman–Crippen MR) is 59.4 cm³/mol. The molecule has 0 bridgehead atoms. The summed E-state index contributed by atoms with van der Waals surface area (Å²) in [4.78, 5) is 21.5.